The summed E-state index contributed by atoms with van der Waals surface area (Å²) in [4.78, 5) is 15.5. The molecule has 23 heavy (non-hydrogen) atoms. The number of nitrogens with one attached hydrogen (secondary N) is 2. The van der Waals surface area contributed by atoms with Crippen molar-refractivity contribution in [2.24, 2.45) is 0 Å². The van der Waals surface area contributed by atoms with Gasteiger partial charge in [-0.25, -0.2) is 4.79 Å². The summed E-state index contributed by atoms with van der Waals surface area (Å²) < 4.78 is 0. The molecule has 1 aliphatic rings. The third kappa shape index (κ3) is 6.43. The highest BCUT2D eigenvalue weighted by atomic mass is 32.2. The Hall–Kier alpha value is -1.20. The molecule has 0 unspecified atom stereocenters. The molecule has 2 N–H and O–H groups in total. The fourth-order valence-corrected chi connectivity index (χ4v) is 4.11. The van der Waals surface area contributed by atoms with Gasteiger partial charge in [0.1, 0.15) is 0 Å². The average Bonchev–Trinajstić information content (AvgIpc) is 3.06. The number of carbonyl (C=O) groups is 1. The van der Waals surface area contributed by atoms with Crippen LogP contribution >= 0.6 is 11.8 Å². The third-order valence-electron chi connectivity index (χ3n) is 4.33. The number of rotatable bonds is 8. The molecule has 0 bridgehead atoms. The minimum atomic E-state index is -0.131. The second-order valence-electron chi connectivity index (χ2n) is 5.96. The van der Waals surface area contributed by atoms with E-state index in [4.69, 9.17) is 0 Å². The van der Waals surface area contributed by atoms with Gasteiger partial charge in [-0.1, -0.05) is 26.7 Å². The van der Waals surface area contributed by atoms with Crippen molar-refractivity contribution in [2.75, 3.05) is 31.5 Å². The van der Waals surface area contributed by atoms with Crippen molar-refractivity contribution < 1.29 is 4.79 Å². The van der Waals surface area contributed by atoms with Crippen LogP contribution in [0, 0.1) is 0 Å². The molecule has 0 atom stereocenters. The van der Waals surface area contributed by atoms with Crippen LogP contribution in [-0.4, -0.2) is 42.4 Å². The lowest BCUT2D eigenvalue weighted by Crippen LogP contribution is -2.36. The first-order valence-electron chi connectivity index (χ1n) is 8.75. The van der Waals surface area contributed by atoms with Crippen molar-refractivity contribution in [1.82, 2.24) is 10.2 Å². The third-order valence-corrected chi connectivity index (χ3v) is 5.67. The van der Waals surface area contributed by atoms with Gasteiger partial charge in [-0.3, -0.25) is 0 Å². The fourth-order valence-electron chi connectivity index (χ4n) is 2.86. The van der Waals surface area contributed by atoms with Crippen molar-refractivity contribution in [3.05, 3.63) is 24.3 Å². The summed E-state index contributed by atoms with van der Waals surface area (Å²) in [7, 11) is 0. The Morgan fingerprint density at radius 1 is 1.17 bits per heavy atom. The molecule has 0 saturated heterocycles. The molecule has 128 valence electrons. The summed E-state index contributed by atoms with van der Waals surface area (Å²) in [6, 6.07) is 8.05. The summed E-state index contributed by atoms with van der Waals surface area (Å²) in [5.41, 5.74) is 0.848. The molecule has 1 aliphatic carbocycles. The smallest absolute Gasteiger partial charge is 0.319 e. The number of hydrogen-bond acceptors (Lipinski definition) is 3. The Kier molecular flexibility index (Phi) is 7.76. The van der Waals surface area contributed by atoms with Crippen LogP contribution in [0.25, 0.3) is 0 Å². The molecular weight excluding hydrogens is 306 g/mol. The number of benzene rings is 1. The van der Waals surface area contributed by atoms with Crippen molar-refractivity contribution in [3.8, 4) is 0 Å². The Labute approximate surface area is 144 Å². The monoisotopic (exact) mass is 335 g/mol. The molecule has 4 nitrogen and oxygen atoms in total. The van der Waals surface area contributed by atoms with E-state index in [-0.39, 0.29) is 6.03 Å². The van der Waals surface area contributed by atoms with Gasteiger partial charge in [0.05, 0.1) is 0 Å². The molecule has 5 heteroatoms. The maximum absolute atomic E-state index is 11.9. The lowest BCUT2D eigenvalue weighted by atomic mass is 10.3. The predicted octanol–water partition coefficient (Wildman–Crippen LogP) is 4.18. The molecule has 0 radical (unpaired) electrons. The Morgan fingerprint density at radius 3 is 2.43 bits per heavy atom. The van der Waals surface area contributed by atoms with Gasteiger partial charge in [0.2, 0.25) is 0 Å². The molecule has 1 aromatic rings. The van der Waals surface area contributed by atoms with E-state index in [1.807, 2.05) is 23.9 Å². The summed E-state index contributed by atoms with van der Waals surface area (Å²) in [5, 5.41) is 6.58. The van der Waals surface area contributed by atoms with Gasteiger partial charge in [-0.15, -0.1) is 11.8 Å². The molecule has 2 amide bonds. The van der Waals surface area contributed by atoms with Crippen LogP contribution in [-0.2, 0) is 0 Å². The van der Waals surface area contributed by atoms with Crippen LogP contribution in [0.1, 0.15) is 39.5 Å². The second kappa shape index (κ2) is 9.83. The molecular formula is C18H29N3OS. The Bertz CT molecular complexity index is 468. The molecule has 1 aromatic carbocycles. The first-order valence-corrected chi connectivity index (χ1v) is 9.63. The highest BCUT2D eigenvalue weighted by molar-refractivity contribution is 8.00. The summed E-state index contributed by atoms with van der Waals surface area (Å²) >= 11 is 1.97. The number of likely N-dealkylation sites (N-methyl/N-ethyl adjacent to an activating group) is 1. The van der Waals surface area contributed by atoms with Crippen molar-refractivity contribution in [3.63, 3.8) is 0 Å². The average molecular weight is 336 g/mol. The number of amides is 2. The van der Waals surface area contributed by atoms with Gasteiger partial charge in [-0.05, 0) is 50.2 Å². The largest absolute Gasteiger partial charge is 0.337 e. The van der Waals surface area contributed by atoms with Gasteiger partial charge in [0, 0.05) is 28.9 Å². The number of nitrogens with zero attached hydrogens (tertiary/aromatic N) is 1. The van der Waals surface area contributed by atoms with E-state index in [0.29, 0.717) is 6.54 Å². The quantitative estimate of drug-likeness (QED) is 0.749. The SMILES string of the molecule is CCN(CC)CCNC(=O)Nc1ccc(SC2CCCC2)cc1. The molecule has 0 aromatic heterocycles. The number of urea groups is 1. The highest BCUT2D eigenvalue weighted by Crippen LogP contribution is 2.34. The van der Waals surface area contributed by atoms with Gasteiger partial charge >= 0.3 is 6.03 Å². The molecule has 2 rings (SSSR count). The highest BCUT2D eigenvalue weighted by Gasteiger charge is 2.15. The van der Waals surface area contributed by atoms with E-state index < -0.39 is 0 Å². The van der Waals surface area contributed by atoms with Gasteiger partial charge in [0.15, 0.2) is 0 Å². The van der Waals surface area contributed by atoms with Gasteiger partial charge in [0.25, 0.3) is 0 Å². The normalized spacial score (nSPS) is 15.1. The van der Waals surface area contributed by atoms with Crippen LogP contribution in [0.5, 0.6) is 0 Å². The van der Waals surface area contributed by atoms with E-state index in [9.17, 15) is 4.79 Å². The van der Waals surface area contributed by atoms with E-state index in [1.165, 1.54) is 30.6 Å². The van der Waals surface area contributed by atoms with Crippen LogP contribution in [0.2, 0.25) is 0 Å². The standard InChI is InChI=1S/C18H29N3OS/c1-3-21(4-2)14-13-19-18(22)20-15-9-11-17(12-10-15)23-16-7-5-6-8-16/h9-12,16H,3-8,13-14H2,1-2H3,(H2,19,20,22). The Morgan fingerprint density at radius 2 is 1.83 bits per heavy atom. The number of anilines is 1. The summed E-state index contributed by atoms with van der Waals surface area (Å²) in [6.07, 6.45) is 5.40. The number of thioether (sulfide) groups is 1. The van der Waals surface area contributed by atoms with Crippen molar-refractivity contribution in [2.45, 2.75) is 49.7 Å². The fraction of sp³-hybridized carbons (Fsp3) is 0.611. The zero-order valence-corrected chi connectivity index (χ0v) is 15.1. The molecule has 1 saturated carbocycles. The van der Waals surface area contributed by atoms with E-state index in [2.05, 4.69) is 41.5 Å². The first kappa shape index (κ1) is 18.1. The maximum Gasteiger partial charge on any atom is 0.319 e. The minimum absolute atomic E-state index is 0.131. The minimum Gasteiger partial charge on any atom is -0.337 e. The lowest BCUT2D eigenvalue weighted by molar-refractivity contribution is 0.248. The summed E-state index contributed by atoms with van der Waals surface area (Å²) in [6.45, 7) is 7.85. The molecule has 1 fully saturated rings. The lowest BCUT2D eigenvalue weighted by Gasteiger charge is -2.18. The van der Waals surface area contributed by atoms with Crippen LogP contribution in [0.3, 0.4) is 0 Å². The number of carbonyl (C=O) groups excluding carboxylic acids is 1. The molecule has 0 aliphatic heterocycles. The van der Waals surface area contributed by atoms with Gasteiger partial charge in [-0.2, -0.15) is 0 Å². The first-order chi connectivity index (χ1) is 11.2. The zero-order chi connectivity index (χ0) is 16.5. The van der Waals surface area contributed by atoms with Crippen molar-refractivity contribution in [1.29, 1.82) is 0 Å². The van der Waals surface area contributed by atoms with Crippen LogP contribution in [0.4, 0.5) is 10.5 Å². The molecule has 0 heterocycles. The van der Waals surface area contributed by atoms with Gasteiger partial charge < -0.3 is 15.5 Å². The number of hydrogen-bond donors (Lipinski definition) is 2. The van der Waals surface area contributed by atoms with Crippen molar-refractivity contribution >= 4 is 23.5 Å². The molecule has 0 spiro atoms. The van der Waals surface area contributed by atoms with Crippen LogP contribution < -0.4 is 10.6 Å². The Balaban J connectivity index is 1.71. The zero-order valence-electron chi connectivity index (χ0n) is 14.3. The van der Waals surface area contributed by atoms with Crippen LogP contribution in [0.15, 0.2) is 29.2 Å². The topological polar surface area (TPSA) is 44.4 Å². The predicted molar refractivity (Wildman–Crippen MR) is 99.4 cm³/mol. The second-order valence-corrected chi connectivity index (χ2v) is 7.33. The van der Waals surface area contributed by atoms with E-state index in [0.717, 1.165) is 30.6 Å². The maximum atomic E-state index is 11.9. The summed E-state index contributed by atoms with van der Waals surface area (Å²) in [5.74, 6) is 0. The van der Waals surface area contributed by atoms with E-state index >= 15 is 0 Å². The van der Waals surface area contributed by atoms with E-state index in [1.54, 1.807) is 0 Å².